The fourth-order valence-electron chi connectivity index (χ4n) is 2.71. The number of ether oxygens (including phenoxy) is 1. The van der Waals surface area contributed by atoms with Gasteiger partial charge in [0.05, 0.1) is 11.4 Å². The molecule has 0 bridgehead atoms. The average Bonchev–Trinajstić information content (AvgIpc) is 3.30. The molecule has 0 saturated heterocycles. The molecule has 4 rings (SSSR count). The number of hydrogen-bond donors (Lipinski definition) is 0. The lowest BCUT2D eigenvalue weighted by Crippen LogP contribution is -2.05. The maximum absolute atomic E-state index is 5.25. The van der Waals surface area contributed by atoms with Gasteiger partial charge in [-0.15, -0.1) is 16.4 Å². The second kappa shape index (κ2) is 7.71. The van der Waals surface area contributed by atoms with Crippen LogP contribution < -0.4 is 0 Å². The molecule has 0 unspecified atom stereocenters. The van der Waals surface area contributed by atoms with E-state index in [1.54, 1.807) is 23.1 Å². The van der Waals surface area contributed by atoms with Gasteiger partial charge in [0.15, 0.2) is 5.82 Å². The minimum atomic E-state index is 0.161. The van der Waals surface area contributed by atoms with Gasteiger partial charge in [0.25, 0.3) is 0 Å². The van der Waals surface area contributed by atoms with Gasteiger partial charge in [0.2, 0.25) is 5.16 Å². The van der Waals surface area contributed by atoms with Crippen molar-refractivity contribution in [1.29, 1.82) is 0 Å². The van der Waals surface area contributed by atoms with Gasteiger partial charge in [-0.3, -0.25) is 0 Å². The number of benzene rings is 1. The fourth-order valence-corrected chi connectivity index (χ4v) is 4.79. The van der Waals surface area contributed by atoms with Gasteiger partial charge in [-0.2, -0.15) is 0 Å². The molecular weight excluding hydrogens is 380 g/mol. The lowest BCUT2D eigenvalue weighted by Gasteiger charge is -2.09. The van der Waals surface area contributed by atoms with Gasteiger partial charge in [0.1, 0.15) is 16.5 Å². The number of thiophene rings is 1. The van der Waals surface area contributed by atoms with E-state index in [2.05, 4.69) is 38.0 Å². The number of tetrazole rings is 1. The van der Waals surface area contributed by atoms with E-state index in [9.17, 15) is 0 Å². The molecule has 7 nitrogen and oxygen atoms in total. The quantitative estimate of drug-likeness (QED) is 0.450. The zero-order valence-electron chi connectivity index (χ0n) is 15.2. The smallest absolute Gasteiger partial charge is 0.215 e. The summed E-state index contributed by atoms with van der Waals surface area (Å²) in [6, 6.07) is 10.4. The molecule has 0 saturated carbocycles. The normalized spacial score (nSPS) is 11.6. The first-order valence-electron chi connectivity index (χ1n) is 8.45. The minimum Gasteiger partial charge on any atom is -0.377 e. The van der Waals surface area contributed by atoms with E-state index in [1.807, 2.05) is 32.0 Å². The van der Waals surface area contributed by atoms with E-state index in [1.165, 1.54) is 11.8 Å². The van der Waals surface area contributed by atoms with Crippen LogP contribution in [0.4, 0.5) is 0 Å². The molecule has 0 atom stereocenters. The largest absolute Gasteiger partial charge is 0.377 e. The summed E-state index contributed by atoms with van der Waals surface area (Å²) in [5.74, 6) is 0.650. The molecule has 9 heteroatoms. The summed E-state index contributed by atoms with van der Waals surface area (Å²) in [4.78, 5) is 10.4. The molecule has 0 aliphatic rings. The maximum Gasteiger partial charge on any atom is 0.215 e. The third kappa shape index (κ3) is 3.58. The van der Waals surface area contributed by atoms with Crippen molar-refractivity contribution in [2.45, 2.75) is 36.7 Å². The third-order valence-electron chi connectivity index (χ3n) is 3.94. The summed E-state index contributed by atoms with van der Waals surface area (Å²) in [7, 11) is 1.64. The monoisotopic (exact) mass is 398 g/mol. The standard InChI is InChI=1S/C18H18N6OS2/c1-11(2)24-18(21-22-23-24)27-17-15-13(12-7-5-4-6-8-12)10-26-16(15)19-14(20-17)9-25-3/h4-8,10-11H,9H2,1-3H3. The van der Waals surface area contributed by atoms with Crippen LogP contribution in [0.15, 0.2) is 45.9 Å². The molecule has 3 aromatic heterocycles. The minimum absolute atomic E-state index is 0.161. The summed E-state index contributed by atoms with van der Waals surface area (Å²) in [6.45, 7) is 4.45. The molecule has 0 amide bonds. The van der Waals surface area contributed by atoms with Crippen molar-refractivity contribution in [3.05, 3.63) is 41.5 Å². The summed E-state index contributed by atoms with van der Waals surface area (Å²) < 4.78 is 7.04. The molecule has 0 fully saturated rings. The van der Waals surface area contributed by atoms with Crippen LogP contribution in [0.25, 0.3) is 21.3 Å². The van der Waals surface area contributed by atoms with Gasteiger partial charge < -0.3 is 4.74 Å². The van der Waals surface area contributed by atoms with Crippen LogP contribution in [0.5, 0.6) is 0 Å². The molecule has 0 aliphatic carbocycles. The lowest BCUT2D eigenvalue weighted by atomic mass is 10.1. The van der Waals surface area contributed by atoms with E-state index >= 15 is 0 Å². The predicted octanol–water partition coefficient (Wildman–Crippen LogP) is 4.22. The summed E-state index contributed by atoms with van der Waals surface area (Å²) >= 11 is 3.07. The first-order valence-corrected chi connectivity index (χ1v) is 10.1. The van der Waals surface area contributed by atoms with Gasteiger partial charge in [-0.05, 0) is 41.6 Å². The molecule has 0 N–H and O–H groups in total. The highest BCUT2D eigenvalue weighted by Gasteiger charge is 2.19. The second-order valence-corrected chi connectivity index (χ2v) is 7.99. The van der Waals surface area contributed by atoms with Crippen molar-refractivity contribution in [3.63, 3.8) is 0 Å². The Bertz CT molecular complexity index is 1060. The van der Waals surface area contributed by atoms with Crippen molar-refractivity contribution in [2.24, 2.45) is 0 Å². The van der Waals surface area contributed by atoms with Gasteiger partial charge in [-0.1, -0.05) is 30.3 Å². The van der Waals surface area contributed by atoms with Gasteiger partial charge in [0, 0.05) is 18.1 Å². The Morgan fingerprint density at radius 3 is 2.74 bits per heavy atom. The van der Waals surface area contributed by atoms with Crippen LogP contribution in [0.3, 0.4) is 0 Å². The highest BCUT2D eigenvalue weighted by Crippen LogP contribution is 2.40. The molecule has 0 radical (unpaired) electrons. The topological polar surface area (TPSA) is 78.6 Å². The Hall–Kier alpha value is -2.36. The fraction of sp³-hybridized carbons (Fsp3) is 0.278. The summed E-state index contributed by atoms with van der Waals surface area (Å²) in [5, 5.41) is 16.8. The Labute approximate surface area is 164 Å². The van der Waals surface area contributed by atoms with Crippen molar-refractivity contribution < 1.29 is 4.74 Å². The Balaban J connectivity index is 1.88. The molecule has 27 heavy (non-hydrogen) atoms. The summed E-state index contributed by atoms with van der Waals surface area (Å²) in [6.07, 6.45) is 0. The molecule has 1 aromatic carbocycles. The van der Waals surface area contributed by atoms with Gasteiger partial charge >= 0.3 is 0 Å². The first-order chi connectivity index (χ1) is 13.2. The highest BCUT2D eigenvalue weighted by atomic mass is 32.2. The van der Waals surface area contributed by atoms with Crippen molar-refractivity contribution in [3.8, 4) is 11.1 Å². The average molecular weight is 399 g/mol. The third-order valence-corrected chi connectivity index (χ3v) is 5.76. The van der Waals surface area contributed by atoms with Crippen LogP contribution in [0.1, 0.15) is 25.7 Å². The van der Waals surface area contributed by atoms with Crippen molar-refractivity contribution >= 4 is 33.3 Å². The molecule has 3 heterocycles. The van der Waals surface area contributed by atoms with E-state index in [4.69, 9.17) is 9.72 Å². The number of rotatable bonds is 6. The van der Waals surface area contributed by atoms with Crippen molar-refractivity contribution in [2.75, 3.05) is 7.11 Å². The van der Waals surface area contributed by atoms with E-state index in [-0.39, 0.29) is 6.04 Å². The number of methoxy groups -OCH3 is 1. The highest BCUT2D eigenvalue weighted by molar-refractivity contribution is 7.99. The Morgan fingerprint density at radius 1 is 1.19 bits per heavy atom. The summed E-state index contributed by atoms with van der Waals surface area (Å²) in [5.41, 5.74) is 2.25. The number of fused-ring (bicyclic) bond motifs is 1. The lowest BCUT2D eigenvalue weighted by molar-refractivity contribution is 0.177. The second-order valence-electron chi connectivity index (χ2n) is 6.18. The first kappa shape index (κ1) is 18.0. The molecule has 138 valence electrons. The zero-order chi connectivity index (χ0) is 18.8. The van der Waals surface area contributed by atoms with Gasteiger partial charge in [-0.25, -0.2) is 14.6 Å². The van der Waals surface area contributed by atoms with E-state index < -0.39 is 0 Å². The Morgan fingerprint density at radius 2 is 2.00 bits per heavy atom. The maximum atomic E-state index is 5.25. The number of nitrogens with zero attached hydrogens (tertiary/aromatic N) is 6. The van der Waals surface area contributed by atoms with E-state index in [0.717, 1.165) is 26.4 Å². The van der Waals surface area contributed by atoms with Crippen LogP contribution in [0.2, 0.25) is 0 Å². The number of hydrogen-bond acceptors (Lipinski definition) is 8. The van der Waals surface area contributed by atoms with E-state index in [0.29, 0.717) is 17.6 Å². The number of aromatic nitrogens is 6. The van der Waals surface area contributed by atoms with Crippen molar-refractivity contribution in [1.82, 2.24) is 30.2 Å². The molecular formula is C18H18N6OS2. The van der Waals surface area contributed by atoms with Crippen LogP contribution in [-0.4, -0.2) is 37.3 Å². The van der Waals surface area contributed by atoms with Crippen LogP contribution in [0, 0.1) is 0 Å². The van der Waals surface area contributed by atoms with Crippen LogP contribution in [-0.2, 0) is 11.3 Å². The Kier molecular flexibility index (Phi) is 5.15. The SMILES string of the molecule is COCc1nc(Sc2nnnn2C(C)C)c2c(-c3ccccc3)csc2n1. The predicted molar refractivity (Wildman–Crippen MR) is 106 cm³/mol. The van der Waals surface area contributed by atoms with Crippen LogP contribution >= 0.6 is 23.1 Å². The molecule has 0 aliphatic heterocycles. The molecule has 0 spiro atoms. The molecule has 4 aromatic rings. The zero-order valence-corrected chi connectivity index (χ0v) is 16.8.